The smallest absolute Gasteiger partial charge is 0.307 e. The number of nitro groups is 2. The van der Waals surface area contributed by atoms with E-state index in [0.717, 1.165) is 11.8 Å². The average Bonchev–Trinajstić information content (AvgIpc) is 3.45. The first-order valence-electron chi connectivity index (χ1n) is 9.88. The van der Waals surface area contributed by atoms with Crippen molar-refractivity contribution in [3.8, 4) is 11.5 Å². The van der Waals surface area contributed by atoms with Crippen LogP contribution in [0.2, 0.25) is 0 Å². The van der Waals surface area contributed by atoms with Crippen LogP contribution in [0, 0.1) is 27.2 Å². The summed E-state index contributed by atoms with van der Waals surface area (Å²) in [5, 5.41) is 28.5. The number of aromatic nitrogens is 2. The third-order valence-electron chi connectivity index (χ3n) is 4.65. The zero-order chi connectivity index (χ0) is 24.2. The first-order chi connectivity index (χ1) is 16.3. The summed E-state index contributed by atoms with van der Waals surface area (Å²) in [4.78, 5) is 33.6. The Labute approximate surface area is 191 Å². The van der Waals surface area contributed by atoms with Crippen LogP contribution in [0.4, 0.5) is 17.1 Å². The number of nitrogens with zero attached hydrogens (tertiary/aromatic N) is 4. The summed E-state index contributed by atoms with van der Waals surface area (Å²) in [6.45, 7) is 2.00. The monoisotopic (exact) mass is 463 g/mol. The van der Waals surface area contributed by atoms with E-state index in [4.69, 9.17) is 9.15 Å². The molecule has 4 rings (SSSR count). The minimum atomic E-state index is -0.639. The van der Waals surface area contributed by atoms with Crippen LogP contribution in [0.25, 0.3) is 0 Å². The molecule has 4 aromatic rings. The molecule has 172 valence electrons. The highest BCUT2D eigenvalue weighted by atomic mass is 16.6. The zero-order valence-corrected chi connectivity index (χ0v) is 17.7. The topological polar surface area (TPSA) is 156 Å². The lowest BCUT2D eigenvalue weighted by Crippen LogP contribution is -2.11. The van der Waals surface area contributed by atoms with Crippen LogP contribution >= 0.6 is 0 Å². The Hall–Kier alpha value is -5.00. The summed E-state index contributed by atoms with van der Waals surface area (Å²) in [6.07, 6.45) is 2.34. The number of rotatable bonds is 8. The maximum atomic E-state index is 12.6. The molecule has 34 heavy (non-hydrogen) atoms. The van der Waals surface area contributed by atoms with Crippen LogP contribution in [0.1, 0.15) is 21.9 Å². The normalized spacial score (nSPS) is 10.6. The standard InChI is InChI=1S/C22H17N5O7/c1-14-2-4-18(5-3-14)33-20-9-15(8-16(10-20)26(29)30)24-22(28)21-7-6-19(34-21)13-25-12-17(11-23-25)27(31)32/h2-12H,13H2,1H3,(H,24,28). The second-order valence-electron chi connectivity index (χ2n) is 7.26. The van der Waals surface area contributed by atoms with E-state index in [1.54, 1.807) is 12.1 Å². The Balaban J connectivity index is 1.49. The molecule has 1 amide bonds. The number of furan rings is 1. The van der Waals surface area contributed by atoms with Crippen LogP contribution in [0.15, 0.2) is 71.4 Å². The molecule has 2 aromatic carbocycles. The van der Waals surface area contributed by atoms with Gasteiger partial charge in [0.2, 0.25) is 0 Å². The molecule has 0 aliphatic carbocycles. The number of ether oxygens (including phenoxy) is 1. The van der Waals surface area contributed by atoms with E-state index in [1.807, 2.05) is 19.1 Å². The van der Waals surface area contributed by atoms with Gasteiger partial charge < -0.3 is 14.5 Å². The van der Waals surface area contributed by atoms with Crippen molar-refractivity contribution in [3.05, 3.63) is 104 Å². The van der Waals surface area contributed by atoms with Gasteiger partial charge in [0.1, 0.15) is 29.7 Å². The molecule has 1 N–H and O–H groups in total. The van der Waals surface area contributed by atoms with Gasteiger partial charge in [-0.1, -0.05) is 17.7 Å². The predicted molar refractivity (Wildman–Crippen MR) is 119 cm³/mol. The minimum absolute atomic E-state index is 0.0517. The van der Waals surface area contributed by atoms with Crippen LogP contribution in [0.3, 0.4) is 0 Å². The van der Waals surface area contributed by atoms with Gasteiger partial charge in [0.05, 0.1) is 28.1 Å². The largest absolute Gasteiger partial charge is 0.457 e. The lowest BCUT2D eigenvalue weighted by molar-refractivity contribution is -0.385. The van der Waals surface area contributed by atoms with Gasteiger partial charge in [-0.2, -0.15) is 5.10 Å². The van der Waals surface area contributed by atoms with Crippen molar-refractivity contribution in [2.24, 2.45) is 0 Å². The molecule has 0 spiro atoms. The van der Waals surface area contributed by atoms with Crippen LogP contribution in [-0.4, -0.2) is 25.5 Å². The minimum Gasteiger partial charge on any atom is -0.457 e. The van der Waals surface area contributed by atoms with E-state index in [-0.39, 0.29) is 35.1 Å². The molecule has 12 heteroatoms. The zero-order valence-electron chi connectivity index (χ0n) is 17.7. The Morgan fingerprint density at radius 1 is 1.03 bits per heavy atom. The van der Waals surface area contributed by atoms with Crippen molar-refractivity contribution in [3.63, 3.8) is 0 Å². The number of amides is 1. The van der Waals surface area contributed by atoms with E-state index in [1.165, 1.54) is 41.2 Å². The highest BCUT2D eigenvalue weighted by Gasteiger charge is 2.17. The van der Waals surface area contributed by atoms with Crippen molar-refractivity contribution in [2.75, 3.05) is 5.32 Å². The number of anilines is 1. The number of hydrogen-bond acceptors (Lipinski definition) is 8. The van der Waals surface area contributed by atoms with Gasteiger partial charge in [-0.05, 0) is 31.2 Å². The maximum absolute atomic E-state index is 12.6. The molecule has 2 aromatic heterocycles. The van der Waals surface area contributed by atoms with Gasteiger partial charge in [-0.15, -0.1) is 0 Å². The van der Waals surface area contributed by atoms with Gasteiger partial charge in [0.15, 0.2) is 5.76 Å². The molecule has 0 atom stereocenters. The highest BCUT2D eigenvalue weighted by molar-refractivity contribution is 6.02. The van der Waals surface area contributed by atoms with E-state index >= 15 is 0 Å². The van der Waals surface area contributed by atoms with Crippen LogP contribution < -0.4 is 10.1 Å². The molecule has 2 heterocycles. The van der Waals surface area contributed by atoms with Gasteiger partial charge in [-0.3, -0.25) is 29.7 Å². The second-order valence-corrected chi connectivity index (χ2v) is 7.26. The molecule has 0 aliphatic rings. The fourth-order valence-electron chi connectivity index (χ4n) is 3.03. The Morgan fingerprint density at radius 2 is 1.76 bits per heavy atom. The maximum Gasteiger partial charge on any atom is 0.307 e. The summed E-state index contributed by atoms with van der Waals surface area (Å²) < 4.78 is 12.5. The fourth-order valence-corrected chi connectivity index (χ4v) is 3.03. The van der Waals surface area contributed by atoms with Crippen molar-refractivity contribution in [2.45, 2.75) is 13.5 Å². The van der Waals surface area contributed by atoms with Crippen molar-refractivity contribution in [1.29, 1.82) is 0 Å². The number of non-ortho nitro benzene ring substituents is 1. The fraction of sp³-hybridized carbons (Fsp3) is 0.0909. The first kappa shape index (κ1) is 22.2. The third-order valence-corrected chi connectivity index (χ3v) is 4.65. The summed E-state index contributed by atoms with van der Waals surface area (Å²) in [5.74, 6) is 0.306. The van der Waals surface area contributed by atoms with Gasteiger partial charge in [0, 0.05) is 12.1 Å². The van der Waals surface area contributed by atoms with Crippen molar-refractivity contribution in [1.82, 2.24) is 9.78 Å². The quantitative estimate of drug-likeness (QED) is 0.291. The predicted octanol–water partition coefficient (Wildman–Crippen LogP) is 4.69. The molecular formula is C22H17N5O7. The first-order valence-corrected chi connectivity index (χ1v) is 9.88. The van der Waals surface area contributed by atoms with E-state index in [0.29, 0.717) is 11.5 Å². The number of carbonyl (C=O) groups is 1. The van der Waals surface area contributed by atoms with Crippen molar-refractivity contribution >= 4 is 23.0 Å². The van der Waals surface area contributed by atoms with E-state index < -0.39 is 15.8 Å². The highest BCUT2D eigenvalue weighted by Crippen LogP contribution is 2.30. The lowest BCUT2D eigenvalue weighted by atomic mass is 10.2. The molecule has 0 saturated heterocycles. The summed E-state index contributed by atoms with van der Waals surface area (Å²) >= 11 is 0. The molecule has 0 saturated carbocycles. The van der Waals surface area contributed by atoms with Gasteiger partial charge in [0.25, 0.3) is 11.6 Å². The van der Waals surface area contributed by atoms with Gasteiger partial charge >= 0.3 is 5.69 Å². The number of aryl methyl sites for hydroxylation is 1. The second kappa shape index (κ2) is 9.24. The SMILES string of the molecule is Cc1ccc(Oc2cc(NC(=O)c3ccc(Cn4cc([N+](=O)[O-])cn4)o3)cc([N+](=O)[O-])c2)cc1. The Morgan fingerprint density at radius 3 is 2.44 bits per heavy atom. The van der Waals surface area contributed by atoms with E-state index in [9.17, 15) is 25.0 Å². The molecule has 0 bridgehead atoms. The van der Waals surface area contributed by atoms with Gasteiger partial charge in [-0.25, -0.2) is 0 Å². The van der Waals surface area contributed by atoms with Crippen LogP contribution in [-0.2, 0) is 6.54 Å². The number of nitrogens with one attached hydrogen (secondary N) is 1. The molecule has 0 unspecified atom stereocenters. The number of hydrogen-bond donors (Lipinski definition) is 1. The molecule has 0 fully saturated rings. The molecule has 0 radical (unpaired) electrons. The Bertz CT molecular complexity index is 1370. The third kappa shape index (κ3) is 5.24. The number of benzene rings is 2. The van der Waals surface area contributed by atoms with Crippen molar-refractivity contribution < 1.29 is 23.8 Å². The van der Waals surface area contributed by atoms with Crippen LogP contribution in [0.5, 0.6) is 11.5 Å². The summed E-state index contributed by atoms with van der Waals surface area (Å²) in [6, 6.07) is 14.0. The summed E-state index contributed by atoms with van der Waals surface area (Å²) in [5.41, 5.74) is 0.740. The summed E-state index contributed by atoms with van der Waals surface area (Å²) in [7, 11) is 0. The molecule has 12 nitrogen and oxygen atoms in total. The van der Waals surface area contributed by atoms with E-state index in [2.05, 4.69) is 10.4 Å². The molecular weight excluding hydrogens is 446 g/mol. The lowest BCUT2D eigenvalue weighted by Gasteiger charge is -2.09. The number of carbonyl (C=O) groups excluding carboxylic acids is 1. The Kier molecular flexibility index (Phi) is 6.03. The average molecular weight is 463 g/mol. The molecule has 0 aliphatic heterocycles. The number of nitro benzene ring substituents is 1.